The molecule has 0 spiro atoms. The van der Waals surface area contributed by atoms with Gasteiger partial charge in [-0.05, 0) is 6.07 Å². The summed E-state index contributed by atoms with van der Waals surface area (Å²) in [6.45, 7) is 0. The molecule has 0 unspecified atom stereocenters. The molecule has 0 bridgehead atoms. The standard InChI is InChI=1S/C8H5Cl2FO2/c9-3-8(13)4-1-5(10)7(12)2-6(4)11/h1-2,12H,3H2. The predicted octanol–water partition coefficient (Wildman–Crippen LogP) is 2.61. The van der Waals surface area contributed by atoms with Crippen LogP contribution in [0, 0.1) is 5.82 Å². The first kappa shape index (κ1) is 10.3. The topological polar surface area (TPSA) is 37.3 Å². The minimum atomic E-state index is -0.826. The first-order valence-electron chi connectivity index (χ1n) is 3.33. The van der Waals surface area contributed by atoms with Gasteiger partial charge in [-0.1, -0.05) is 11.6 Å². The highest BCUT2D eigenvalue weighted by Gasteiger charge is 2.13. The molecule has 0 aliphatic rings. The van der Waals surface area contributed by atoms with Crippen LogP contribution in [0.4, 0.5) is 4.39 Å². The SMILES string of the molecule is O=C(CCl)c1cc(Cl)c(O)cc1F. The van der Waals surface area contributed by atoms with E-state index in [1.165, 1.54) is 0 Å². The summed E-state index contributed by atoms with van der Waals surface area (Å²) >= 11 is 10.7. The Labute approximate surface area is 83.9 Å². The minimum Gasteiger partial charge on any atom is -0.506 e. The molecule has 0 aliphatic carbocycles. The lowest BCUT2D eigenvalue weighted by Gasteiger charge is -2.02. The van der Waals surface area contributed by atoms with Crippen molar-refractivity contribution in [2.24, 2.45) is 0 Å². The molecular weight excluding hydrogens is 218 g/mol. The van der Waals surface area contributed by atoms with E-state index in [4.69, 9.17) is 28.3 Å². The average molecular weight is 223 g/mol. The van der Waals surface area contributed by atoms with Crippen molar-refractivity contribution in [3.8, 4) is 5.75 Å². The number of ketones is 1. The van der Waals surface area contributed by atoms with Gasteiger partial charge in [0.2, 0.25) is 0 Å². The molecule has 0 saturated heterocycles. The Hall–Kier alpha value is -0.800. The van der Waals surface area contributed by atoms with Crippen molar-refractivity contribution >= 4 is 29.0 Å². The summed E-state index contributed by atoms with van der Waals surface area (Å²) in [7, 11) is 0. The van der Waals surface area contributed by atoms with Crippen molar-refractivity contribution < 1.29 is 14.3 Å². The van der Waals surface area contributed by atoms with Crippen LogP contribution in [0.15, 0.2) is 12.1 Å². The largest absolute Gasteiger partial charge is 0.506 e. The summed E-state index contributed by atoms with van der Waals surface area (Å²) in [4.78, 5) is 11.0. The van der Waals surface area contributed by atoms with Gasteiger partial charge < -0.3 is 5.11 Å². The Balaban J connectivity index is 3.23. The van der Waals surface area contributed by atoms with Crippen LogP contribution in [0.5, 0.6) is 5.75 Å². The zero-order chi connectivity index (χ0) is 10.0. The number of phenolic OH excluding ortho intramolecular Hbond substituents is 1. The van der Waals surface area contributed by atoms with Gasteiger partial charge in [-0.2, -0.15) is 0 Å². The zero-order valence-electron chi connectivity index (χ0n) is 6.35. The minimum absolute atomic E-state index is 0.0742. The fourth-order valence-electron chi connectivity index (χ4n) is 0.822. The van der Waals surface area contributed by atoms with Crippen LogP contribution in [0.1, 0.15) is 10.4 Å². The van der Waals surface area contributed by atoms with E-state index < -0.39 is 17.3 Å². The lowest BCUT2D eigenvalue weighted by Crippen LogP contribution is -2.03. The summed E-state index contributed by atoms with van der Waals surface area (Å²) in [6.07, 6.45) is 0. The molecule has 0 fully saturated rings. The van der Waals surface area contributed by atoms with Crippen molar-refractivity contribution in [2.75, 3.05) is 5.88 Å². The van der Waals surface area contributed by atoms with Gasteiger partial charge in [-0.25, -0.2) is 4.39 Å². The molecule has 0 radical (unpaired) electrons. The quantitative estimate of drug-likeness (QED) is 0.618. The summed E-state index contributed by atoms with van der Waals surface area (Å²) in [5, 5.41) is 8.89. The van der Waals surface area contributed by atoms with Crippen molar-refractivity contribution in [1.29, 1.82) is 0 Å². The number of carbonyl (C=O) groups excluding carboxylic acids is 1. The third kappa shape index (κ3) is 2.11. The highest BCUT2D eigenvalue weighted by Crippen LogP contribution is 2.26. The van der Waals surface area contributed by atoms with Crippen LogP contribution in [0.3, 0.4) is 0 Å². The third-order valence-corrected chi connectivity index (χ3v) is 2.00. The number of rotatable bonds is 2. The number of hydrogen-bond donors (Lipinski definition) is 1. The third-order valence-electron chi connectivity index (χ3n) is 1.46. The van der Waals surface area contributed by atoms with Crippen LogP contribution in [0.25, 0.3) is 0 Å². The van der Waals surface area contributed by atoms with E-state index in [9.17, 15) is 9.18 Å². The van der Waals surface area contributed by atoms with Gasteiger partial charge in [-0.3, -0.25) is 4.79 Å². The molecule has 0 saturated carbocycles. The zero-order valence-corrected chi connectivity index (χ0v) is 7.86. The summed E-state index contributed by atoms with van der Waals surface area (Å²) in [5.74, 6) is -2.11. The Morgan fingerprint density at radius 2 is 2.15 bits per heavy atom. The highest BCUT2D eigenvalue weighted by molar-refractivity contribution is 6.33. The van der Waals surface area contributed by atoms with E-state index >= 15 is 0 Å². The maximum Gasteiger partial charge on any atom is 0.180 e. The number of Topliss-reactive ketones (excluding diaryl/α,β-unsaturated/α-hetero) is 1. The number of carbonyl (C=O) groups is 1. The van der Waals surface area contributed by atoms with Crippen LogP contribution in [0.2, 0.25) is 5.02 Å². The van der Waals surface area contributed by atoms with Gasteiger partial charge in [0.15, 0.2) is 5.78 Å². The van der Waals surface area contributed by atoms with Crippen molar-refractivity contribution in [3.63, 3.8) is 0 Å². The molecule has 5 heteroatoms. The molecule has 0 amide bonds. The highest BCUT2D eigenvalue weighted by atomic mass is 35.5. The molecule has 70 valence electrons. The maximum absolute atomic E-state index is 13.0. The van der Waals surface area contributed by atoms with Crippen LogP contribution >= 0.6 is 23.2 Å². The van der Waals surface area contributed by atoms with Gasteiger partial charge in [0.1, 0.15) is 11.6 Å². The van der Waals surface area contributed by atoms with Crippen LogP contribution in [-0.2, 0) is 0 Å². The second-order valence-corrected chi connectivity index (χ2v) is 3.01. The molecule has 0 aliphatic heterocycles. The predicted molar refractivity (Wildman–Crippen MR) is 48.1 cm³/mol. The van der Waals surface area contributed by atoms with E-state index in [1.54, 1.807) is 0 Å². The fraction of sp³-hybridized carbons (Fsp3) is 0.125. The van der Waals surface area contributed by atoms with E-state index in [0.29, 0.717) is 0 Å². The normalized spacial score (nSPS) is 10.1. The maximum atomic E-state index is 13.0. The van der Waals surface area contributed by atoms with Crippen LogP contribution in [-0.4, -0.2) is 16.8 Å². The molecule has 1 aromatic carbocycles. The average Bonchev–Trinajstić information content (AvgIpc) is 2.10. The number of aromatic hydroxyl groups is 1. The first-order chi connectivity index (χ1) is 6.06. The summed E-state index contributed by atoms with van der Waals surface area (Å²) < 4.78 is 13.0. The smallest absolute Gasteiger partial charge is 0.180 e. The number of phenols is 1. The Kier molecular flexibility index (Phi) is 3.12. The number of benzene rings is 1. The van der Waals surface area contributed by atoms with E-state index in [0.717, 1.165) is 12.1 Å². The van der Waals surface area contributed by atoms with Crippen LogP contribution < -0.4 is 0 Å². The second kappa shape index (κ2) is 3.94. The monoisotopic (exact) mass is 222 g/mol. The fourth-order valence-corrected chi connectivity index (χ4v) is 1.13. The lowest BCUT2D eigenvalue weighted by atomic mass is 10.1. The second-order valence-electron chi connectivity index (χ2n) is 2.34. The molecule has 1 N–H and O–H groups in total. The van der Waals surface area contributed by atoms with Gasteiger partial charge >= 0.3 is 0 Å². The number of alkyl halides is 1. The van der Waals surface area contributed by atoms with Crippen molar-refractivity contribution in [3.05, 3.63) is 28.5 Å². The first-order valence-corrected chi connectivity index (χ1v) is 4.24. The van der Waals surface area contributed by atoms with Crippen molar-refractivity contribution in [1.82, 2.24) is 0 Å². The molecule has 2 nitrogen and oxygen atoms in total. The van der Waals surface area contributed by atoms with Gasteiger partial charge in [0.05, 0.1) is 16.5 Å². The molecule has 0 heterocycles. The number of halogens is 3. The van der Waals surface area contributed by atoms with Gasteiger partial charge in [-0.15, -0.1) is 11.6 Å². The van der Waals surface area contributed by atoms with Gasteiger partial charge in [0, 0.05) is 6.07 Å². The molecule has 1 aromatic rings. The molecule has 0 aromatic heterocycles. The van der Waals surface area contributed by atoms with E-state index in [1.807, 2.05) is 0 Å². The molecular formula is C8H5Cl2FO2. The van der Waals surface area contributed by atoms with E-state index in [-0.39, 0.29) is 16.5 Å². The lowest BCUT2D eigenvalue weighted by molar-refractivity contribution is 0.101. The Morgan fingerprint density at radius 1 is 1.54 bits per heavy atom. The summed E-state index contributed by atoms with van der Waals surface area (Å²) in [6, 6.07) is 1.83. The van der Waals surface area contributed by atoms with E-state index in [2.05, 4.69) is 0 Å². The van der Waals surface area contributed by atoms with Gasteiger partial charge in [0.25, 0.3) is 0 Å². The molecule has 1 rings (SSSR count). The summed E-state index contributed by atoms with van der Waals surface area (Å²) in [5.41, 5.74) is -0.210. The Bertz CT molecular complexity index is 352. The van der Waals surface area contributed by atoms with Crippen molar-refractivity contribution in [2.45, 2.75) is 0 Å². The Morgan fingerprint density at radius 3 is 2.69 bits per heavy atom. The molecule has 13 heavy (non-hydrogen) atoms. The molecule has 0 atom stereocenters. The number of hydrogen-bond acceptors (Lipinski definition) is 2.